The van der Waals surface area contributed by atoms with E-state index in [2.05, 4.69) is 10.6 Å². The third-order valence-electron chi connectivity index (χ3n) is 3.18. The molecule has 18 heavy (non-hydrogen) atoms. The first-order chi connectivity index (χ1) is 8.41. The third kappa shape index (κ3) is 2.22. The zero-order valence-corrected chi connectivity index (χ0v) is 10.4. The first-order valence-electron chi connectivity index (χ1n) is 5.78. The van der Waals surface area contributed by atoms with Crippen molar-refractivity contribution < 1.29 is 14.7 Å². The van der Waals surface area contributed by atoms with Crippen molar-refractivity contribution in [3.63, 3.8) is 0 Å². The fourth-order valence-corrected chi connectivity index (χ4v) is 2.04. The number of hydrogen-bond acceptors (Lipinski definition) is 3. The summed E-state index contributed by atoms with van der Waals surface area (Å²) >= 11 is 0. The fourth-order valence-electron chi connectivity index (χ4n) is 2.04. The Bertz CT molecular complexity index is 509. The Balaban J connectivity index is 2.16. The van der Waals surface area contributed by atoms with Gasteiger partial charge in [-0.05, 0) is 31.0 Å². The van der Waals surface area contributed by atoms with Crippen LogP contribution >= 0.6 is 0 Å². The van der Waals surface area contributed by atoms with E-state index < -0.39 is 11.4 Å². The van der Waals surface area contributed by atoms with Crippen molar-refractivity contribution in [1.29, 1.82) is 0 Å². The second-order valence-electron chi connectivity index (χ2n) is 4.96. The van der Waals surface area contributed by atoms with Crippen molar-refractivity contribution >= 4 is 17.6 Å². The van der Waals surface area contributed by atoms with E-state index in [9.17, 15) is 9.59 Å². The smallest absolute Gasteiger partial charge is 0.317 e. The summed E-state index contributed by atoms with van der Waals surface area (Å²) in [5.41, 5.74) is 2.24. The zero-order valence-electron chi connectivity index (χ0n) is 10.4. The minimum Gasteiger partial charge on any atom is -0.480 e. The number of carboxylic acid groups (broad SMARTS) is 1. The molecule has 0 atom stereocenters. The maximum atomic E-state index is 11.8. The van der Waals surface area contributed by atoms with Crippen LogP contribution in [0.5, 0.6) is 0 Å². The van der Waals surface area contributed by atoms with Crippen LogP contribution in [0.1, 0.15) is 25.0 Å². The van der Waals surface area contributed by atoms with Gasteiger partial charge in [0.25, 0.3) is 0 Å². The molecule has 3 N–H and O–H groups in total. The van der Waals surface area contributed by atoms with Crippen LogP contribution in [0, 0.1) is 0 Å². The summed E-state index contributed by atoms with van der Waals surface area (Å²) in [5.74, 6) is -0.888. The number of nitrogens with one attached hydrogen (secondary N) is 2. The van der Waals surface area contributed by atoms with Gasteiger partial charge in [0.15, 0.2) is 0 Å². The second kappa shape index (κ2) is 4.42. The van der Waals surface area contributed by atoms with Crippen molar-refractivity contribution in [2.75, 3.05) is 11.9 Å². The molecule has 2 rings (SSSR count). The van der Waals surface area contributed by atoms with Crippen LogP contribution in [-0.2, 0) is 21.5 Å². The third-order valence-corrected chi connectivity index (χ3v) is 3.18. The van der Waals surface area contributed by atoms with Crippen LogP contribution in [-0.4, -0.2) is 23.5 Å². The van der Waals surface area contributed by atoms with Gasteiger partial charge in [0.1, 0.15) is 0 Å². The lowest BCUT2D eigenvalue weighted by molar-refractivity contribution is -0.136. The van der Waals surface area contributed by atoms with Gasteiger partial charge in [0.2, 0.25) is 5.91 Å². The predicted octanol–water partition coefficient (Wildman–Crippen LogP) is 1.09. The molecule has 1 aromatic rings. The number of amides is 1. The Morgan fingerprint density at radius 3 is 2.83 bits per heavy atom. The monoisotopic (exact) mass is 248 g/mol. The first kappa shape index (κ1) is 12.6. The molecular weight excluding hydrogens is 232 g/mol. The molecule has 1 heterocycles. The number of anilines is 1. The average Bonchev–Trinajstić information content (AvgIpc) is 2.51. The highest BCUT2D eigenvalue weighted by molar-refractivity contribution is 6.05. The van der Waals surface area contributed by atoms with Gasteiger partial charge in [-0.1, -0.05) is 12.1 Å². The van der Waals surface area contributed by atoms with Crippen LogP contribution in [0.3, 0.4) is 0 Å². The van der Waals surface area contributed by atoms with Gasteiger partial charge in [-0.15, -0.1) is 0 Å². The van der Waals surface area contributed by atoms with Gasteiger partial charge in [-0.3, -0.25) is 9.59 Å². The quantitative estimate of drug-likeness (QED) is 0.745. The van der Waals surface area contributed by atoms with E-state index in [0.717, 1.165) is 16.8 Å². The number of aliphatic carboxylic acids is 1. The summed E-state index contributed by atoms with van der Waals surface area (Å²) in [6.07, 6.45) is 0. The molecule has 0 aromatic heterocycles. The number of rotatable bonds is 4. The van der Waals surface area contributed by atoms with Crippen molar-refractivity contribution in [3.8, 4) is 0 Å². The lowest BCUT2D eigenvalue weighted by atomic mass is 9.85. The molecule has 1 amide bonds. The molecule has 1 aliphatic rings. The standard InChI is InChI=1S/C13H16N2O3/c1-13(2)9-5-8(6-14-7-11(16)17)3-4-10(9)15-12(13)18/h3-5,14H,6-7H2,1-2H3,(H,15,18)(H,16,17). The molecule has 0 bridgehead atoms. The largest absolute Gasteiger partial charge is 0.480 e. The summed E-state index contributed by atoms with van der Waals surface area (Å²) in [4.78, 5) is 22.2. The van der Waals surface area contributed by atoms with Crippen LogP contribution in [0.25, 0.3) is 0 Å². The van der Waals surface area contributed by atoms with Crippen molar-refractivity contribution in [2.45, 2.75) is 25.8 Å². The highest BCUT2D eigenvalue weighted by Crippen LogP contribution is 2.37. The molecule has 1 aliphatic heterocycles. The summed E-state index contributed by atoms with van der Waals surface area (Å²) in [7, 11) is 0. The molecule has 0 saturated heterocycles. The molecule has 5 nitrogen and oxygen atoms in total. The lowest BCUT2D eigenvalue weighted by Crippen LogP contribution is -2.27. The maximum Gasteiger partial charge on any atom is 0.317 e. The molecule has 96 valence electrons. The van der Waals surface area contributed by atoms with Gasteiger partial charge in [-0.25, -0.2) is 0 Å². The summed E-state index contributed by atoms with van der Waals surface area (Å²) in [5, 5.41) is 14.2. The summed E-state index contributed by atoms with van der Waals surface area (Å²) in [6, 6.07) is 5.69. The Morgan fingerprint density at radius 1 is 1.44 bits per heavy atom. The number of fused-ring (bicyclic) bond motifs is 1. The number of hydrogen-bond donors (Lipinski definition) is 3. The van der Waals surface area contributed by atoms with Crippen molar-refractivity contribution in [2.24, 2.45) is 0 Å². The van der Waals surface area contributed by atoms with E-state index in [-0.39, 0.29) is 12.5 Å². The van der Waals surface area contributed by atoms with Gasteiger partial charge in [0, 0.05) is 12.2 Å². The molecule has 0 radical (unpaired) electrons. The normalized spacial score (nSPS) is 16.2. The van der Waals surface area contributed by atoms with Crippen LogP contribution in [0.15, 0.2) is 18.2 Å². The number of benzene rings is 1. The van der Waals surface area contributed by atoms with Gasteiger partial charge in [0.05, 0.1) is 12.0 Å². The van der Waals surface area contributed by atoms with Crippen LogP contribution < -0.4 is 10.6 Å². The summed E-state index contributed by atoms with van der Waals surface area (Å²) in [6.45, 7) is 4.16. The molecule has 1 aromatic carbocycles. The Labute approximate surface area is 105 Å². The molecule has 0 spiro atoms. The molecule has 0 unspecified atom stereocenters. The van der Waals surface area contributed by atoms with E-state index in [1.165, 1.54) is 0 Å². The second-order valence-corrected chi connectivity index (χ2v) is 4.96. The van der Waals surface area contributed by atoms with E-state index in [4.69, 9.17) is 5.11 Å². The van der Waals surface area contributed by atoms with Gasteiger partial charge in [-0.2, -0.15) is 0 Å². The highest BCUT2D eigenvalue weighted by Gasteiger charge is 2.38. The van der Waals surface area contributed by atoms with Crippen LogP contribution in [0.2, 0.25) is 0 Å². The topological polar surface area (TPSA) is 78.4 Å². The summed E-state index contributed by atoms with van der Waals surface area (Å²) < 4.78 is 0. The van der Waals surface area contributed by atoms with E-state index >= 15 is 0 Å². The zero-order chi connectivity index (χ0) is 13.3. The molecule has 0 aliphatic carbocycles. The maximum absolute atomic E-state index is 11.8. The van der Waals surface area contributed by atoms with Gasteiger partial charge >= 0.3 is 5.97 Å². The van der Waals surface area contributed by atoms with E-state index in [1.807, 2.05) is 32.0 Å². The van der Waals surface area contributed by atoms with Crippen molar-refractivity contribution in [3.05, 3.63) is 29.3 Å². The SMILES string of the molecule is CC1(C)C(=O)Nc2ccc(CNCC(=O)O)cc21. The minimum atomic E-state index is -0.881. The van der Waals surface area contributed by atoms with E-state index in [0.29, 0.717) is 6.54 Å². The predicted molar refractivity (Wildman–Crippen MR) is 67.4 cm³/mol. The highest BCUT2D eigenvalue weighted by atomic mass is 16.4. The minimum absolute atomic E-state index is 0.00635. The fraction of sp³-hybridized carbons (Fsp3) is 0.385. The van der Waals surface area contributed by atoms with E-state index in [1.54, 1.807) is 0 Å². The Hall–Kier alpha value is -1.88. The Kier molecular flexibility index (Phi) is 3.09. The first-order valence-corrected chi connectivity index (χ1v) is 5.78. The van der Waals surface area contributed by atoms with Crippen LogP contribution in [0.4, 0.5) is 5.69 Å². The average molecular weight is 248 g/mol. The number of carboxylic acids is 1. The number of carbonyl (C=O) groups is 2. The Morgan fingerprint density at radius 2 is 2.17 bits per heavy atom. The molecular formula is C13H16N2O3. The van der Waals surface area contributed by atoms with Gasteiger partial charge < -0.3 is 15.7 Å². The van der Waals surface area contributed by atoms with Crippen molar-refractivity contribution in [1.82, 2.24) is 5.32 Å². The molecule has 0 saturated carbocycles. The molecule has 0 fully saturated rings. The lowest BCUT2D eigenvalue weighted by Gasteiger charge is -2.15. The number of carbonyl (C=O) groups excluding carboxylic acids is 1. The molecule has 5 heteroatoms.